The summed E-state index contributed by atoms with van der Waals surface area (Å²) in [6.45, 7) is 3.81. The minimum absolute atomic E-state index is 0.136. The zero-order valence-corrected chi connectivity index (χ0v) is 17.7. The summed E-state index contributed by atoms with van der Waals surface area (Å²) in [6.07, 6.45) is 5.79. The van der Waals surface area contributed by atoms with E-state index in [1.807, 2.05) is 12.1 Å². The minimum atomic E-state index is -3.58. The van der Waals surface area contributed by atoms with Crippen LogP contribution in [0.25, 0.3) is 0 Å². The Balaban J connectivity index is 1.63. The summed E-state index contributed by atoms with van der Waals surface area (Å²) in [6, 6.07) is 12.7. The van der Waals surface area contributed by atoms with Crippen LogP contribution in [-0.2, 0) is 16.4 Å². The van der Waals surface area contributed by atoms with Gasteiger partial charge in [-0.25, -0.2) is 8.42 Å². The van der Waals surface area contributed by atoms with Crippen molar-refractivity contribution in [2.24, 2.45) is 0 Å². The first-order valence-electron chi connectivity index (χ1n) is 10.5. The van der Waals surface area contributed by atoms with E-state index in [1.54, 1.807) is 33.5 Å². The predicted octanol–water partition coefficient (Wildman–Crippen LogP) is 4.15. The quantitative estimate of drug-likeness (QED) is 0.761. The monoisotopic (exact) mass is 412 g/mol. The second-order valence-corrected chi connectivity index (χ2v) is 9.98. The maximum absolute atomic E-state index is 13.3. The van der Waals surface area contributed by atoms with Gasteiger partial charge in [0.15, 0.2) is 0 Å². The highest BCUT2D eigenvalue weighted by Crippen LogP contribution is 2.30. The molecule has 0 bridgehead atoms. The number of carbonyl (C=O) groups excluding carboxylic acids is 1. The average Bonchev–Trinajstić information content (AvgIpc) is 3.03. The lowest BCUT2D eigenvalue weighted by molar-refractivity contribution is 0.0985. The van der Waals surface area contributed by atoms with Crippen LogP contribution in [0.4, 0.5) is 5.69 Å². The number of fused-ring (bicyclic) bond motifs is 1. The van der Waals surface area contributed by atoms with Crippen LogP contribution in [0.1, 0.15) is 53.6 Å². The summed E-state index contributed by atoms with van der Waals surface area (Å²) in [4.78, 5) is 15.3. The Morgan fingerprint density at radius 1 is 0.897 bits per heavy atom. The predicted molar refractivity (Wildman–Crippen MR) is 115 cm³/mol. The molecule has 2 heterocycles. The molecular weight excluding hydrogens is 384 g/mol. The standard InChI is InChI=1S/C23H28N2O3S/c1-18-11-12-22-19(16-18)9-7-15-25(22)23(26)20-8-6-10-21(17-20)29(27,28)24-13-4-2-3-5-14-24/h6,8,10-12,16-17H,2-5,7,9,13-15H2,1H3. The highest BCUT2D eigenvalue weighted by Gasteiger charge is 2.28. The number of amides is 1. The summed E-state index contributed by atoms with van der Waals surface area (Å²) in [5.74, 6) is -0.136. The molecule has 2 aliphatic heterocycles. The van der Waals surface area contributed by atoms with Crippen molar-refractivity contribution in [2.45, 2.75) is 50.3 Å². The normalized spacial score (nSPS) is 18.2. The Morgan fingerprint density at radius 2 is 1.66 bits per heavy atom. The van der Waals surface area contributed by atoms with Gasteiger partial charge in [-0.2, -0.15) is 4.31 Å². The van der Waals surface area contributed by atoms with Crippen molar-refractivity contribution in [3.05, 3.63) is 59.2 Å². The van der Waals surface area contributed by atoms with E-state index in [2.05, 4.69) is 13.0 Å². The third-order valence-electron chi connectivity index (χ3n) is 5.88. The molecule has 0 aromatic heterocycles. The Bertz CT molecular complexity index is 1010. The maximum Gasteiger partial charge on any atom is 0.258 e. The number of anilines is 1. The minimum Gasteiger partial charge on any atom is -0.308 e. The van der Waals surface area contributed by atoms with Gasteiger partial charge in [0.2, 0.25) is 10.0 Å². The third kappa shape index (κ3) is 4.09. The zero-order chi connectivity index (χ0) is 20.4. The third-order valence-corrected chi connectivity index (χ3v) is 7.78. The molecule has 1 saturated heterocycles. The molecule has 0 aliphatic carbocycles. The molecule has 2 aromatic rings. The van der Waals surface area contributed by atoms with Crippen molar-refractivity contribution in [1.29, 1.82) is 0 Å². The van der Waals surface area contributed by atoms with Gasteiger partial charge >= 0.3 is 0 Å². The number of nitrogens with zero attached hydrogens (tertiary/aromatic N) is 2. The molecule has 154 valence electrons. The lowest BCUT2D eigenvalue weighted by atomic mass is 9.99. The lowest BCUT2D eigenvalue weighted by Crippen LogP contribution is -2.36. The molecule has 0 saturated carbocycles. The van der Waals surface area contributed by atoms with Gasteiger partial charge in [0.05, 0.1) is 4.90 Å². The van der Waals surface area contributed by atoms with E-state index in [-0.39, 0.29) is 10.8 Å². The molecule has 1 amide bonds. The van der Waals surface area contributed by atoms with Gasteiger partial charge in [-0.3, -0.25) is 4.79 Å². The Labute approximate surface area is 173 Å². The van der Waals surface area contributed by atoms with Crippen molar-refractivity contribution in [2.75, 3.05) is 24.5 Å². The van der Waals surface area contributed by atoms with Crippen molar-refractivity contribution in [1.82, 2.24) is 4.31 Å². The number of aryl methyl sites for hydroxylation is 2. The van der Waals surface area contributed by atoms with E-state index in [9.17, 15) is 13.2 Å². The number of rotatable bonds is 3. The van der Waals surface area contributed by atoms with Crippen LogP contribution in [0.3, 0.4) is 0 Å². The fraction of sp³-hybridized carbons (Fsp3) is 0.435. The molecule has 0 radical (unpaired) electrons. The molecule has 29 heavy (non-hydrogen) atoms. The number of carbonyl (C=O) groups is 1. The van der Waals surface area contributed by atoms with Crippen LogP contribution in [-0.4, -0.2) is 38.3 Å². The Kier molecular flexibility index (Phi) is 5.74. The molecule has 6 heteroatoms. The van der Waals surface area contributed by atoms with Crippen molar-refractivity contribution in [3.8, 4) is 0 Å². The van der Waals surface area contributed by atoms with Gasteiger partial charge in [-0.1, -0.05) is 36.6 Å². The van der Waals surface area contributed by atoms with Crippen LogP contribution in [0.5, 0.6) is 0 Å². The first-order valence-corrected chi connectivity index (χ1v) is 11.9. The molecule has 2 aromatic carbocycles. The topological polar surface area (TPSA) is 57.7 Å². The summed E-state index contributed by atoms with van der Waals surface area (Å²) in [7, 11) is -3.58. The van der Waals surface area contributed by atoms with Gasteiger partial charge in [0, 0.05) is 30.9 Å². The average molecular weight is 413 g/mol. The van der Waals surface area contributed by atoms with Crippen LogP contribution < -0.4 is 4.90 Å². The van der Waals surface area contributed by atoms with Crippen molar-refractivity contribution < 1.29 is 13.2 Å². The summed E-state index contributed by atoms with van der Waals surface area (Å²) >= 11 is 0. The number of hydrogen-bond donors (Lipinski definition) is 0. The van der Waals surface area contributed by atoms with E-state index < -0.39 is 10.0 Å². The molecular formula is C23H28N2O3S. The number of hydrogen-bond acceptors (Lipinski definition) is 3. The van der Waals surface area contributed by atoms with Gasteiger partial charge in [0.1, 0.15) is 0 Å². The smallest absolute Gasteiger partial charge is 0.258 e. The Hall–Kier alpha value is -2.18. The van der Waals surface area contributed by atoms with Crippen molar-refractivity contribution in [3.63, 3.8) is 0 Å². The van der Waals surface area contributed by atoms with Gasteiger partial charge in [-0.15, -0.1) is 0 Å². The highest BCUT2D eigenvalue weighted by molar-refractivity contribution is 7.89. The second kappa shape index (κ2) is 8.28. The number of benzene rings is 2. The molecule has 5 nitrogen and oxygen atoms in total. The molecule has 0 atom stereocenters. The summed E-state index contributed by atoms with van der Waals surface area (Å²) in [5.41, 5.74) is 3.73. The lowest BCUT2D eigenvalue weighted by Gasteiger charge is -2.30. The molecule has 0 N–H and O–H groups in total. The van der Waals surface area contributed by atoms with E-state index >= 15 is 0 Å². The van der Waals surface area contributed by atoms with Crippen molar-refractivity contribution >= 4 is 21.6 Å². The largest absolute Gasteiger partial charge is 0.308 e. The summed E-state index contributed by atoms with van der Waals surface area (Å²) < 4.78 is 27.8. The number of sulfonamides is 1. The van der Waals surface area contributed by atoms with E-state index in [0.717, 1.165) is 44.2 Å². The van der Waals surface area contributed by atoms with E-state index in [0.29, 0.717) is 25.2 Å². The van der Waals surface area contributed by atoms with Crippen LogP contribution in [0.15, 0.2) is 47.4 Å². The van der Waals surface area contributed by atoms with Crippen LogP contribution >= 0.6 is 0 Å². The van der Waals surface area contributed by atoms with Crippen LogP contribution in [0, 0.1) is 6.92 Å². The molecule has 0 spiro atoms. The second-order valence-electron chi connectivity index (χ2n) is 8.04. The first kappa shape index (κ1) is 20.1. The molecule has 0 unspecified atom stereocenters. The Morgan fingerprint density at radius 3 is 2.41 bits per heavy atom. The van der Waals surface area contributed by atoms with Gasteiger partial charge in [0.25, 0.3) is 5.91 Å². The van der Waals surface area contributed by atoms with Gasteiger partial charge < -0.3 is 4.90 Å². The fourth-order valence-corrected chi connectivity index (χ4v) is 5.88. The molecule has 4 rings (SSSR count). The molecule has 1 fully saturated rings. The summed E-state index contributed by atoms with van der Waals surface area (Å²) in [5, 5.41) is 0. The van der Waals surface area contributed by atoms with E-state index in [1.165, 1.54) is 11.1 Å². The zero-order valence-electron chi connectivity index (χ0n) is 16.9. The first-order chi connectivity index (χ1) is 14.0. The molecule has 2 aliphatic rings. The maximum atomic E-state index is 13.3. The van der Waals surface area contributed by atoms with E-state index in [4.69, 9.17) is 0 Å². The SMILES string of the molecule is Cc1ccc2c(c1)CCCN2C(=O)c1cccc(S(=O)(=O)N2CCCCCC2)c1. The fourth-order valence-electron chi connectivity index (χ4n) is 4.31. The highest BCUT2D eigenvalue weighted by atomic mass is 32.2. The van der Waals surface area contributed by atoms with Gasteiger partial charge in [-0.05, 0) is 62.4 Å². The van der Waals surface area contributed by atoms with Crippen LogP contribution in [0.2, 0.25) is 0 Å².